The molecule has 0 aromatic carbocycles. The summed E-state index contributed by atoms with van der Waals surface area (Å²) in [5.74, 6) is 0.514. The van der Waals surface area contributed by atoms with E-state index < -0.39 is 10.0 Å². The number of hydrogen-bond acceptors (Lipinski definition) is 3. The summed E-state index contributed by atoms with van der Waals surface area (Å²) in [6, 6.07) is 0. The molecule has 1 atom stereocenters. The van der Waals surface area contributed by atoms with E-state index in [1.807, 2.05) is 6.92 Å². The van der Waals surface area contributed by atoms with Crippen molar-refractivity contribution in [1.82, 2.24) is 4.31 Å². The standard InChI is InChI=1S/C10H20ClNO3S/c1-9(11)10-3-5-12(6-4-10)16(13,14)8-7-15-2/h9-10H,3-8H2,1-2H3. The fourth-order valence-electron chi connectivity index (χ4n) is 1.93. The quantitative estimate of drug-likeness (QED) is 0.707. The molecule has 0 N–H and O–H groups in total. The number of halogens is 1. The number of ether oxygens (including phenoxy) is 1. The van der Waals surface area contributed by atoms with Crippen LogP contribution in [0.2, 0.25) is 0 Å². The van der Waals surface area contributed by atoms with E-state index >= 15 is 0 Å². The van der Waals surface area contributed by atoms with Gasteiger partial charge in [-0.15, -0.1) is 11.6 Å². The molecule has 1 saturated heterocycles. The van der Waals surface area contributed by atoms with E-state index in [0.29, 0.717) is 19.0 Å². The van der Waals surface area contributed by atoms with Gasteiger partial charge in [0.15, 0.2) is 0 Å². The van der Waals surface area contributed by atoms with Crippen LogP contribution in [-0.2, 0) is 14.8 Å². The third kappa shape index (κ3) is 3.87. The molecule has 0 spiro atoms. The highest BCUT2D eigenvalue weighted by molar-refractivity contribution is 7.89. The van der Waals surface area contributed by atoms with Gasteiger partial charge in [-0.3, -0.25) is 0 Å². The highest BCUT2D eigenvalue weighted by Gasteiger charge is 2.29. The molecule has 0 radical (unpaired) electrons. The highest BCUT2D eigenvalue weighted by atomic mass is 35.5. The van der Waals surface area contributed by atoms with Gasteiger partial charge in [-0.1, -0.05) is 0 Å². The van der Waals surface area contributed by atoms with E-state index in [9.17, 15) is 8.42 Å². The molecule has 0 amide bonds. The maximum absolute atomic E-state index is 11.8. The van der Waals surface area contributed by atoms with Crippen LogP contribution in [0.15, 0.2) is 0 Å². The van der Waals surface area contributed by atoms with Crippen molar-refractivity contribution in [1.29, 1.82) is 0 Å². The van der Waals surface area contributed by atoms with Crippen LogP contribution >= 0.6 is 11.6 Å². The Morgan fingerprint density at radius 1 is 1.44 bits per heavy atom. The SMILES string of the molecule is COCCS(=O)(=O)N1CCC(C(C)Cl)CC1. The van der Waals surface area contributed by atoms with E-state index in [1.54, 1.807) is 4.31 Å². The Kier molecular flexibility index (Phi) is 5.50. The summed E-state index contributed by atoms with van der Waals surface area (Å²) in [7, 11) is -1.62. The highest BCUT2D eigenvalue weighted by Crippen LogP contribution is 2.25. The minimum absolute atomic E-state index is 0.0740. The first-order chi connectivity index (χ1) is 7.47. The lowest BCUT2D eigenvalue weighted by Gasteiger charge is -2.32. The molecule has 1 fully saturated rings. The second kappa shape index (κ2) is 6.19. The number of nitrogens with zero attached hydrogens (tertiary/aromatic N) is 1. The van der Waals surface area contributed by atoms with Gasteiger partial charge in [-0.2, -0.15) is 0 Å². The summed E-state index contributed by atoms with van der Waals surface area (Å²) >= 11 is 6.01. The lowest BCUT2D eigenvalue weighted by molar-refractivity contribution is 0.213. The zero-order chi connectivity index (χ0) is 12.2. The average Bonchev–Trinajstić information content (AvgIpc) is 2.26. The van der Waals surface area contributed by atoms with Crippen LogP contribution < -0.4 is 0 Å². The number of piperidine rings is 1. The number of hydrogen-bond donors (Lipinski definition) is 0. The zero-order valence-corrected chi connectivity index (χ0v) is 11.4. The van der Waals surface area contributed by atoms with Gasteiger partial charge in [0.2, 0.25) is 10.0 Å². The molecule has 6 heteroatoms. The third-order valence-electron chi connectivity index (χ3n) is 3.09. The molecule has 0 aromatic heterocycles. The Morgan fingerprint density at radius 2 is 2.00 bits per heavy atom. The zero-order valence-electron chi connectivity index (χ0n) is 9.86. The molecule has 16 heavy (non-hydrogen) atoms. The molecule has 1 rings (SSSR count). The Balaban J connectivity index is 2.47. The van der Waals surface area contributed by atoms with Crippen molar-refractivity contribution >= 4 is 21.6 Å². The molecule has 4 nitrogen and oxygen atoms in total. The van der Waals surface area contributed by atoms with E-state index in [-0.39, 0.29) is 17.7 Å². The second-order valence-corrected chi connectivity index (χ2v) is 7.00. The average molecular weight is 270 g/mol. The largest absolute Gasteiger partial charge is 0.384 e. The molecule has 0 aliphatic carbocycles. The Labute approximate surface area is 103 Å². The summed E-state index contributed by atoms with van der Waals surface area (Å²) < 4.78 is 30.0. The van der Waals surface area contributed by atoms with Crippen molar-refractivity contribution < 1.29 is 13.2 Å². The third-order valence-corrected chi connectivity index (χ3v) is 5.28. The van der Waals surface area contributed by atoms with Crippen molar-refractivity contribution in [3.05, 3.63) is 0 Å². The van der Waals surface area contributed by atoms with Crippen LogP contribution in [0, 0.1) is 5.92 Å². The smallest absolute Gasteiger partial charge is 0.216 e. The van der Waals surface area contributed by atoms with Crippen LogP contribution in [0.1, 0.15) is 19.8 Å². The molecule has 0 saturated carbocycles. The van der Waals surface area contributed by atoms with Gasteiger partial charge < -0.3 is 4.74 Å². The number of alkyl halides is 1. The first kappa shape index (κ1) is 14.2. The van der Waals surface area contributed by atoms with Crippen molar-refractivity contribution in [3.8, 4) is 0 Å². The van der Waals surface area contributed by atoms with Gasteiger partial charge in [0.25, 0.3) is 0 Å². The fourth-order valence-corrected chi connectivity index (χ4v) is 3.59. The summed E-state index contributed by atoms with van der Waals surface area (Å²) in [6.45, 7) is 3.41. The molecule has 1 heterocycles. The van der Waals surface area contributed by atoms with Crippen LogP contribution in [0.4, 0.5) is 0 Å². The van der Waals surface area contributed by atoms with Gasteiger partial charge in [0.05, 0.1) is 12.4 Å². The molecule has 0 bridgehead atoms. The van der Waals surface area contributed by atoms with Gasteiger partial charge in [0, 0.05) is 25.6 Å². The molecular weight excluding hydrogens is 250 g/mol. The van der Waals surface area contributed by atoms with Crippen LogP contribution in [0.25, 0.3) is 0 Å². The Hall–Kier alpha value is 0.160. The van der Waals surface area contributed by atoms with E-state index in [1.165, 1.54) is 7.11 Å². The normalized spacial score (nSPS) is 22.2. The predicted octanol–water partition coefficient (Wildman–Crippen LogP) is 1.30. The summed E-state index contributed by atoms with van der Waals surface area (Å²) in [6.07, 6.45) is 1.72. The maximum atomic E-state index is 11.8. The first-order valence-electron chi connectivity index (χ1n) is 5.58. The van der Waals surface area contributed by atoms with Crippen LogP contribution in [0.3, 0.4) is 0 Å². The maximum Gasteiger partial charge on any atom is 0.216 e. The fraction of sp³-hybridized carbons (Fsp3) is 1.00. The topological polar surface area (TPSA) is 46.6 Å². The van der Waals surface area contributed by atoms with Crippen molar-refractivity contribution in [2.45, 2.75) is 25.1 Å². The summed E-state index contributed by atoms with van der Waals surface area (Å²) in [4.78, 5) is 0. The number of sulfonamides is 1. The lowest BCUT2D eigenvalue weighted by atomic mass is 9.95. The van der Waals surface area contributed by atoms with Gasteiger partial charge in [-0.05, 0) is 25.7 Å². The van der Waals surface area contributed by atoms with Gasteiger partial charge >= 0.3 is 0 Å². The minimum atomic E-state index is -3.13. The van der Waals surface area contributed by atoms with E-state index in [0.717, 1.165) is 12.8 Å². The lowest BCUT2D eigenvalue weighted by Crippen LogP contribution is -2.41. The Bertz CT molecular complexity index is 297. The molecule has 96 valence electrons. The summed E-state index contributed by atoms with van der Waals surface area (Å²) in [5, 5.41) is 0.129. The van der Waals surface area contributed by atoms with Crippen LogP contribution in [0.5, 0.6) is 0 Å². The molecule has 1 unspecified atom stereocenters. The molecule has 1 aliphatic heterocycles. The molecular formula is C10H20ClNO3S. The molecule has 1 aliphatic rings. The first-order valence-corrected chi connectivity index (χ1v) is 7.62. The van der Waals surface area contributed by atoms with Gasteiger partial charge in [0.1, 0.15) is 0 Å². The van der Waals surface area contributed by atoms with Gasteiger partial charge in [-0.25, -0.2) is 12.7 Å². The minimum Gasteiger partial charge on any atom is -0.384 e. The number of methoxy groups -OCH3 is 1. The monoisotopic (exact) mass is 269 g/mol. The predicted molar refractivity (Wildman–Crippen MR) is 65.3 cm³/mol. The Morgan fingerprint density at radius 3 is 2.44 bits per heavy atom. The van der Waals surface area contributed by atoms with E-state index in [4.69, 9.17) is 16.3 Å². The van der Waals surface area contributed by atoms with Crippen molar-refractivity contribution in [2.75, 3.05) is 32.6 Å². The van der Waals surface area contributed by atoms with Crippen LogP contribution in [-0.4, -0.2) is 50.7 Å². The number of rotatable bonds is 5. The van der Waals surface area contributed by atoms with Crippen molar-refractivity contribution in [2.24, 2.45) is 5.92 Å². The van der Waals surface area contributed by atoms with Crippen molar-refractivity contribution in [3.63, 3.8) is 0 Å². The van der Waals surface area contributed by atoms with E-state index in [2.05, 4.69) is 0 Å². The summed E-state index contributed by atoms with van der Waals surface area (Å²) in [5.41, 5.74) is 0. The molecule has 0 aromatic rings. The second-order valence-electron chi connectivity index (χ2n) is 4.22.